The lowest BCUT2D eigenvalue weighted by atomic mass is 9.95. The van der Waals surface area contributed by atoms with Gasteiger partial charge in [0.15, 0.2) is 0 Å². The Balaban J connectivity index is 3.06. The first-order chi connectivity index (χ1) is 12.2. The maximum Gasteiger partial charge on any atom is 0.392 e. The van der Waals surface area contributed by atoms with Crippen LogP contribution in [0.25, 0.3) is 0 Å². The molecular formula is C16H24F3N3O3S. The van der Waals surface area contributed by atoms with Crippen molar-refractivity contribution in [1.29, 1.82) is 0 Å². The third-order valence-corrected chi connectivity index (χ3v) is 4.61. The number of ether oxygens (including phenoxy) is 1. The van der Waals surface area contributed by atoms with Gasteiger partial charge in [0.25, 0.3) is 0 Å². The van der Waals surface area contributed by atoms with Crippen LogP contribution in [0.15, 0.2) is 16.8 Å². The maximum atomic E-state index is 13.4. The van der Waals surface area contributed by atoms with Gasteiger partial charge in [-0.1, -0.05) is 17.7 Å². The summed E-state index contributed by atoms with van der Waals surface area (Å²) in [6.45, 7) is 3.45. The number of halogens is 3. The monoisotopic (exact) mass is 395 g/mol. The number of carbonyl (C=O) groups is 1. The Bertz CT molecular complexity index is 605. The molecule has 0 fully saturated rings. The van der Waals surface area contributed by atoms with Crippen molar-refractivity contribution in [3.8, 4) is 0 Å². The van der Waals surface area contributed by atoms with E-state index in [2.05, 4.69) is 14.2 Å². The number of alkyl halides is 3. The van der Waals surface area contributed by atoms with Gasteiger partial charge < -0.3 is 9.29 Å². The summed E-state index contributed by atoms with van der Waals surface area (Å²) in [6, 6.07) is 0. The van der Waals surface area contributed by atoms with Gasteiger partial charge in [-0.15, -0.1) is 0 Å². The molecule has 26 heavy (non-hydrogen) atoms. The van der Waals surface area contributed by atoms with Crippen LogP contribution in [0.1, 0.15) is 45.1 Å². The SMILES string of the molecule is CCCC[S+]([O-])/N=C(/C[C@@H](CC(=O)OCC)C(F)(F)F)c1cnn(C)c1. The highest BCUT2D eigenvalue weighted by molar-refractivity contribution is 7.90. The minimum absolute atomic E-state index is 0.00793. The van der Waals surface area contributed by atoms with E-state index in [0.29, 0.717) is 12.0 Å². The largest absolute Gasteiger partial charge is 0.591 e. The van der Waals surface area contributed by atoms with Crippen LogP contribution in [0.5, 0.6) is 0 Å². The van der Waals surface area contributed by atoms with Gasteiger partial charge in [-0.25, -0.2) is 0 Å². The molecule has 0 bridgehead atoms. The van der Waals surface area contributed by atoms with E-state index in [9.17, 15) is 22.5 Å². The van der Waals surface area contributed by atoms with Gasteiger partial charge in [0, 0.05) is 25.2 Å². The molecule has 1 aromatic heterocycles. The zero-order valence-electron chi connectivity index (χ0n) is 15.1. The number of aryl methyl sites for hydroxylation is 1. The Kier molecular flexibility index (Phi) is 9.14. The van der Waals surface area contributed by atoms with Crippen LogP contribution in [0, 0.1) is 5.92 Å². The van der Waals surface area contributed by atoms with Gasteiger partial charge in [0.1, 0.15) is 11.5 Å². The first-order valence-electron chi connectivity index (χ1n) is 8.34. The minimum Gasteiger partial charge on any atom is -0.591 e. The molecule has 0 saturated heterocycles. The predicted molar refractivity (Wildman–Crippen MR) is 93.1 cm³/mol. The molecule has 0 aliphatic rings. The highest BCUT2D eigenvalue weighted by Gasteiger charge is 2.42. The van der Waals surface area contributed by atoms with Crippen molar-refractivity contribution in [3.63, 3.8) is 0 Å². The molecule has 0 N–H and O–H groups in total. The smallest absolute Gasteiger partial charge is 0.392 e. The molecule has 1 rings (SSSR count). The lowest BCUT2D eigenvalue weighted by Crippen LogP contribution is -2.29. The summed E-state index contributed by atoms with van der Waals surface area (Å²) in [5.41, 5.74) is 0.384. The molecule has 0 aliphatic carbocycles. The summed E-state index contributed by atoms with van der Waals surface area (Å²) in [7, 11) is 1.62. The van der Waals surface area contributed by atoms with Crippen LogP contribution < -0.4 is 0 Å². The molecule has 148 valence electrons. The summed E-state index contributed by atoms with van der Waals surface area (Å²) in [5, 5.41) is 3.93. The minimum atomic E-state index is -4.61. The molecular weight excluding hydrogens is 371 g/mol. The number of aromatic nitrogens is 2. The molecule has 1 unspecified atom stereocenters. The van der Waals surface area contributed by atoms with E-state index in [-0.39, 0.29) is 18.1 Å². The quantitative estimate of drug-likeness (QED) is 0.346. The average Bonchev–Trinajstić information content (AvgIpc) is 2.97. The van der Waals surface area contributed by atoms with E-state index in [1.165, 1.54) is 24.0 Å². The Morgan fingerprint density at radius 1 is 1.42 bits per heavy atom. The van der Waals surface area contributed by atoms with Crippen molar-refractivity contribution in [2.75, 3.05) is 12.4 Å². The fraction of sp³-hybridized carbons (Fsp3) is 0.688. The summed E-state index contributed by atoms with van der Waals surface area (Å²) < 4.78 is 62.3. The third kappa shape index (κ3) is 7.77. The first-order valence-corrected chi connectivity index (χ1v) is 9.62. The van der Waals surface area contributed by atoms with Crippen LogP contribution in [-0.2, 0) is 27.9 Å². The number of esters is 1. The number of nitrogens with zero attached hydrogens (tertiary/aromatic N) is 3. The van der Waals surface area contributed by atoms with Crippen molar-refractivity contribution < 1.29 is 27.3 Å². The zero-order chi connectivity index (χ0) is 19.7. The number of hydrogen-bond donors (Lipinski definition) is 0. The molecule has 0 saturated carbocycles. The summed E-state index contributed by atoms with van der Waals surface area (Å²) >= 11 is -1.63. The third-order valence-electron chi connectivity index (χ3n) is 3.54. The topological polar surface area (TPSA) is 79.5 Å². The Morgan fingerprint density at radius 3 is 2.62 bits per heavy atom. The van der Waals surface area contributed by atoms with Gasteiger partial charge in [0.05, 0.1) is 36.5 Å². The molecule has 0 amide bonds. The van der Waals surface area contributed by atoms with Crippen molar-refractivity contribution in [3.05, 3.63) is 18.0 Å². The second kappa shape index (κ2) is 10.6. The first kappa shape index (κ1) is 22.5. The van der Waals surface area contributed by atoms with Gasteiger partial charge in [-0.05, 0) is 13.3 Å². The van der Waals surface area contributed by atoms with Gasteiger partial charge in [-0.2, -0.15) is 18.3 Å². The summed E-state index contributed by atoms with van der Waals surface area (Å²) in [4.78, 5) is 11.5. The van der Waals surface area contributed by atoms with Gasteiger partial charge >= 0.3 is 12.1 Å². The second-order valence-electron chi connectivity index (χ2n) is 5.77. The second-order valence-corrected chi connectivity index (χ2v) is 7.01. The molecule has 0 aliphatic heterocycles. The normalized spacial score (nSPS) is 15.0. The predicted octanol–water partition coefficient (Wildman–Crippen LogP) is 3.19. The molecule has 0 aromatic carbocycles. The number of rotatable bonds is 10. The van der Waals surface area contributed by atoms with Crippen LogP contribution in [0.3, 0.4) is 0 Å². The highest BCUT2D eigenvalue weighted by Crippen LogP contribution is 2.33. The van der Waals surface area contributed by atoms with Crippen molar-refractivity contribution in [2.24, 2.45) is 17.4 Å². The number of carbonyl (C=O) groups excluding carboxylic acids is 1. The van der Waals surface area contributed by atoms with Crippen LogP contribution in [-0.4, -0.2) is 44.6 Å². The lowest BCUT2D eigenvalue weighted by molar-refractivity contribution is -0.182. The van der Waals surface area contributed by atoms with E-state index < -0.39 is 42.3 Å². The molecule has 10 heteroatoms. The van der Waals surface area contributed by atoms with E-state index in [4.69, 9.17) is 0 Å². The van der Waals surface area contributed by atoms with E-state index in [1.54, 1.807) is 7.05 Å². The van der Waals surface area contributed by atoms with Crippen LogP contribution in [0.2, 0.25) is 0 Å². The molecule has 1 heterocycles. The standard InChI is InChI=1S/C16H24F3N3O3S/c1-4-6-7-26(24)21-14(12-10-20-22(3)11-12)8-13(16(17,18)19)9-15(23)25-5-2/h10-11,13H,4-9H2,1-3H3/b21-14-/t13-,26?/m0/s1. The molecule has 6 nitrogen and oxygen atoms in total. The average molecular weight is 395 g/mol. The Labute approximate surface area is 154 Å². The summed E-state index contributed by atoms with van der Waals surface area (Å²) in [6.07, 6.45) is -1.65. The van der Waals surface area contributed by atoms with Gasteiger partial charge in [0.2, 0.25) is 0 Å². The van der Waals surface area contributed by atoms with Crippen molar-refractivity contribution >= 4 is 23.0 Å². The number of hydrogen-bond acceptors (Lipinski definition) is 5. The van der Waals surface area contributed by atoms with E-state index in [1.807, 2.05) is 6.92 Å². The van der Waals surface area contributed by atoms with Crippen LogP contribution >= 0.6 is 0 Å². The van der Waals surface area contributed by atoms with Crippen molar-refractivity contribution in [2.45, 2.75) is 45.7 Å². The molecule has 1 aromatic rings. The molecule has 0 radical (unpaired) electrons. The fourth-order valence-corrected chi connectivity index (χ4v) is 3.23. The lowest BCUT2D eigenvalue weighted by Gasteiger charge is -2.20. The Morgan fingerprint density at radius 2 is 2.12 bits per heavy atom. The summed E-state index contributed by atoms with van der Waals surface area (Å²) in [5.74, 6) is -2.62. The molecule has 2 atom stereocenters. The van der Waals surface area contributed by atoms with Crippen molar-refractivity contribution in [1.82, 2.24) is 9.78 Å². The highest BCUT2D eigenvalue weighted by atomic mass is 32.2. The zero-order valence-corrected chi connectivity index (χ0v) is 15.9. The number of unbranched alkanes of at least 4 members (excludes halogenated alkanes) is 1. The van der Waals surface area contributed by atoms with Gasteiger partial charge in [-0.3, -0.25) is 9.48 Å². The van der Waals surface area contributed by atoms with Crippen LogP contribution in [0.4, 0.5) is 13.2 Å². The van der Waals surface area contributed by atoms with E-state index >= 15 is 0 Å². The molecule has 0 spiro atoms. The fourth-order valence-electron chi connectivity index (χ4n) is 2.17. The Hall–Kier alpha value is -1.55. The van der Waals surface area contributed by atoms with E-state index in [0.717, 1.165) is 6.42 Å². The maximum absolute atomic E-state index is 13.4.